The SMILES string of the molecule is Cc1ccc(C(=O)C2C3C4CCC(C4)C23)cn1. The second-order valence-corrected chi connectivity index (χ2v) is 6.07. The maximum absolute atomic E-state index is 12.4. The van der Waals surface area contributed by atoms with Crippen molar-refractivity contribution in [1.29, 1.82) is 0 Å². The van der Waals surface area contributed by atoms with Gasteiger partial charge in [-0.15, -0.1) is 0 Å². The van der Waals surface area contributed by atoms with E-state index < -0.39 is 0 Å². The van der Waals surface area contributed by atoms with Gasteiger partial charge in [0.2, 0.25) is 0 Å². The van der Waals surface area contributed by atoms with Gasteiger partial charge in [-0.2, -0.15) is 0 Å². The summed E-state index contributed by atoms with van der Waals surface area (Å²) in [6.07, 6.45) is 5.92. The van der Waals surface area contributed by atoms with Crippen LogP contribution in [0.5, 0.6) is 0 Å². The lowest BCUT2D eigenvalue weighted by molar-refractivity contribution is 0.0944. The average molecular weight is 227 g/mol. The van der Waals surface area contributed by atoms with Crippen LogP contribution in [-0.4, -0.2) is 10.8 Å². The van der Waals surface area contributed by atoms with Gasteiger partial charge in [0.1, 0.15) is 0 Å². The lowest BCUT2D eigenvalue weighted by Crippen LogP contribution is -2.10. The minimum atomic E-state index is 0.353. The van der Waals surface area contributed by atoms with Gasteiger partial charge in [-0.3, -0.25) is 9.78 Å². The number of carbonyl (C=O) groups is 1. The molecule has 4 rings (SSSR count). The summed E-state index contributed by atoms with van der Waals surface area (Å²) in [7, 11) is 0. The van der Waals surface area contributed by atoms with Gasteiger partial charge in [0.05, 0.1) is 0 Å². The van der Waals surface area contributed by atoms with Crippen molar-refractivity contribution in [2.45, 2.75) is 26.2 Å². The molecule has 2 heteroatoms. The normalized spacial score (nSPS) is 41.4. The third kappa shape index (κ3) is 1.27. The molecule has 0 spiro atoms. The zero-order chi connectivity index (χ0) is 11.6. The highest BCUT2D eigenvalue weighted by molar-refractivity contribution is 6.00. The van der Waals surface area contributed by atoms with Crippen molar-refractivity contribution in [2.24, 2.45) is 29.6 Å². The molecular weight excluding hydrogens is 210 g/mol. The number of pyridine rings is 1. The van der Waals surface area contributed by atoms with Crippen LogP contribution in [0.25, 0.3) is 0 Å². The Labute approximate surface area is 101 Å². The first-order valence-corrected chi connectivity index (χ1v) is 6.72. The maximum atomic E-state index is 12.4. The van der Waals surface area contributed by atoms with Gasteiger partial charge in [-0.1, -0.05) is 0 Å². The van der Waals surface area contributed by atoms with Crippen LogP contribution in [0.15, 0.2) is 18.3 Å². The van der Waals surface area contributed by atoms with E-state index in [-0.39, 0.29) is 0 Å². The van der Waals surface area contributed by atoms with Gasteiger partial charge >= 0.3 is 0 Å². The number of hydrogen-bond acceptors (Lipinski definition) is 2. The highest BCUT2D eigenvalue weighted by atomic mass is 16.1. The van der Waals surface area contributed by atoms with E-state index in [4.69, 9.17) is 0 Å². The Hall–Kier alpha value is -1.18. The molecule has 1 heterocycles. The lowest BCUT2D eigenvalue weighted by atomic mass is 9.97. The van der Waals surface area contributed by atoms with E-state index in [2.05, 4.69) is 4.98 Å². The standard InChI is InChI=1S/C15H17NO/c1-8-2-3-11(7-16-8)15(17)14-12-9-4-5-10(6-9)13(12)14/h2-3,7,9-10,12-14H,4-6H2,1H3. The molecule has 3 aliphatic carbocycles. The fourth-order valence-electron chi connectivity index (χ4n) is 4.48. The second-order valence-electron chi connectivity index (χ2n) is 6.07. The van der Waals surface area contributed by atoms with Crippen LogP contribution < -0.4 is 0 Å². The predicted octanol–water partition coefficient (Wildman–Crippen LogP) is 2.86. The van der Waals surface area contributed by atoms with Gasteiger partial charge in [0, 0.05) is 23.4 Å². The molecule has 0 N–H and O–H groups in total. The van der Waals surface area contributed by atoms with Crippen LogP contribution in [0, 0.1) is 36.5 Å². The Morgan fingerprint density at radius 3 is 2.53 bits per heavy atom. The molecule has 0 aliphatic heterocycles. The Morgan fingerprint density at radius 1 is 1.24 bits per heavy atom. The highest BCUT2D eigenvalue weighted by Gasteiger charge is 2.67. The fraction of sp³-hybridized carbons (Fsp3) is 0.600. The molecule has 17 heavy (non-hydrogen) atoms. The highest BCUT2D eigenvalue weighted by Crippen LogP contribution is 2.69. The summed E-state index contributed by atoms with van der Waals surface area (Å²) in [6.45, 7) is 1.96. The summed E-state index contributed by atoms with van der Waals surface area (Å²) >= 11 is 0. The number of ketones is 1. The first-order chi connectivity index (χ1) is 8.25. The quantitative estimate of drug-likeness (QED) is 0.727. The van der Waals surface area contributed by atoms with Gasteiger partial charge in [0.15, 0.2) is 5.78 Å². The number of aromatic nitrogens is 1. The molecule has 88 valence electrons. The number of carbonyl (C=O) groups excluding carboxylic acids is 1. The second kappa shape index (κ2) is 3.18. The zero-order valence-corrected chi connectivity index (χ0v) is 10.1. The summed E-state index contributed by atoms with van der Waals surface area (Å²) in [5, 5.41) is 0. The molecule has 4 unspecified atom stereocenters. The van der Waals surface area contributed by atoms with Crippen LogP contribution in [0.3, 0.4) is 0 Å². The maximum Gasteiger partial charge on any atom is 0.168 e. The number of rotatable bonds is 2. The van der Waals surface area contributed by atoms with Crippen molar-refractivity contribution < 1.29 is 4.79 Å². The van der Waals surface area contributed by atoms with Crippen molar-refractivity contribution in [3.8, 4) is 0 Å². The number of hydrogen-bond donors (Lipinski definition) is 0. The molecule has 3 saturated carbocycles. The van der Waals surface area contributed by atoms with Crippen LogP contribution in [-0.2, 0) is 0 Å². The van der Waals surface area contributed by atoms with Crippen LogP contribution in [0.1, 0.15) is 35.3 Å². The van der Waals surface area contributed by atoms with Crippen molar-refractivity contribution in [3.05, 3.63) is 29.6 Å². The van der Waals surface area contributed by atoms with E-state index in [1.54, 1.807) is 6.20 Å². The molecule has 0 amide bonds. The third-order valence-electron chi connectivity index (χ3n) is 5.23. The summed E-state index contributed by atoms with van der Waals surface area (Å²) in [6, 6.07) is 3.89. The molecular formula is C15H17NO. The largest absolute Gasteiger partial charge is 0.294 e. The molecule has 2 nitrogen and oxygen atoms in total. The number of aryl methyl sites for hydroxylation is 1. The smallest absolute Gasteiger partial charge is 0.168 e. The zero-order valence-electron chi connectivity index (χ0n) is 10.1. The molecule has 0 saturated heterocycles. The molecule has 0 aromatic carbocycles. The van der Waals surface area contributed by atoms with Crippen molar-refractivity contribution >= 4 is 5.78 Å². The first kappa shape index (κ1) is 9.81. The fourth-order valence-corrected chi connectivity index (χ4v) is 4.48. The van der Waals surface area contributed by atoms with E-state index in [1.165, 1.54) is 19.3 Å². The van der Waals surface area contributed by atoms with E-state index in [1.807, 2.05) is 19.1 Å². The predicted molar refractivity (Wildman–Crippen MR) is 64.6 cm³/mol. The van der Waals surface area contributed by atoms with E-state index >= 15 is 0 Å². The lowest BCUT2D eigenvalue weighted by Gasteiger charge is -2.07. The van der Waals surface area contributed by atoms with Crippen molar-refractivity contribution in [3.63, 3.8) is 0 Å². The van der Waals surface area contributed by atoms with E-state index in [9.17, 15) is 4.79 Å². The molecule has 4 atom stereocenters. The van der Waals surface area contributed by atoms with Crippen LogP contribution in [0.4, 0.5) is 0 Å². The minimum Gasteiger partial charge on any atom is -0.294 e. The number of fused-ring (bicyclic) bond motifs is 5. The van der Waals surface area contributed by atoms with Gasteiger partial charge in [-0.25, -0.2) is 0 Å². The van der Waals surface area contributed by atoms with Crippen molar-refractivity contribution in [2.75, 3.05) is 0 Å². The van der Waals surface area contributed by atoms with Gasteiger partial charge in [-0.05, 0) is 62.0 Å². The Kier molecular flexibility index (Phi) is 1.84. The first-order valence-electron chi connectivity index (χ1n) is 6.72. The molecule has 2 bridgehead atoms. The van der Waals surface area contributed by atoms with E-state index in [0.29, 0.717) is 11.7 Å². The van der Waals surface area contributed by atoms with Gasteiger partial charge < -0.3 is 0 Å². The van der Waals surface area contributed by atoms with Crippen molar-refractivity contribution in [1.82, 2.24) is 4.98 Å². The molecule has 3 fully saturated rings. The molecule has 1 aromatic heterocycles. The Bertz CT molecular complexity index is 462. The summed E-state index contributed by atoms with van der Waals surface area (Å²) in [4.78, 5) is 16.6. The van der Waals surface area contributed by atoms with E-state index in [0.717, 1.165) is 34.9 Å². The van der Waals surface area contributed by atoms with Gasteiger partial charge in [0.25, 0.3) is 0 Å². The third-order valence-corrected chi connectivity index (χ3v) is 5.23. The minimum absolute atomic E-state index is 0.353. The number of Topliss-reactive ketones (excluding diaryl/α,β-unsaturated/α-hetero) is 1. The van der Waals surface area contributed by atoms with Crippen LogP contribution >= 0.6 is 0 Å². The molecule has 3 aliphatic rings. The number of nitrogens with zero attached hydrogens (tertiary/aromatic N) is 1. The van der Waals surface area contributed by atoms with Crippen LogP contribution in [0.2, 0.25) is 0 Å². The Balaban J connectivity index is 1.58. The topological polar surface area (TPSA) is 30.0 Å². The summed E-state index contributed by atoms with van der Waals surface area (Å²) in [5.74, 6) is 3.94. The average Bonchev–Trinajstić information content (AvgIpc) is 2.77. The summed E-state index contributed by atoms with van der Waals surface area (Å²) < 4.78 is 0. The Morgan fingerprint density at radius 2 is 1.94 bits per heavy atom. The molecule has 1 aromatic rings. The monoisotopic (exact) mass is 227 g/mol. The summed E-state index contributed by atoms with van der Waals surface area (Å²) in [5.41, 5.74) is 1.81. The molecule has 0 radical (unpaired) electrons.